The van der Waals surface area contributed by atoms with Crippen molar-refractivity contribution in [2.75, 3.05) is 24.2 Å². The van der Waals surface area contributed by atoms with E-state index in [2.05, 4.69) is 5.32 Å². The van der Waals surface area contributed by atoms with Crippen LogP contribution in [0.25, 0.3) is 0 Å². The van der Waals surface area contributed by atoms with Crippen molar-refractivity contribution in [3.05, 3.63) is 58.6 Å². The summed E-state index contributed by atoms with van der Waals surface area (Å²) in [6.45, 7) is 3.18. The minimum absolute atomic E-state index is 0.348. The number of nitrogens with zero attached hydrogens (tertiary/aromatic N) is 1. The van der Waals surface area contributed by atoms with Gasteiger partial charge in [-0.25, -0.2) is 8.42 Å². The molecule has 146 valence electrons. The van der Waals surface area contributed by atoms with Crippen molar-refractivity contribution in [1.29, 1.82) is 0 Å². The molecule has 0 aliphatic carbocycles. The predicted molar refractivity (Wildman–Crippen MR) is 108 cm³/mol. The fraction of sp³-hybridized carbons (Fsp3) is 0.316. The van der Waals surface area contributed by atoms with Gasteiger partial charge in [0.15, 0.2) is 0 Å². The van der Waals surface area contributed by atoms with E-state index in [1.165, 1.54) is 0 Å². The van der Waals surface area contributed by atoms with Crippen LogP contribution in [0.4, 0.5) is 5.69 Å². The van der Waals surface area contributed by atoms with Crippen LogP contribution < -0.4 is 14.4 Å². The Morgan fingerprint density at radius 1 is 1.22 bits per heavy atom. The van der Waals surface area contributed by atoms with Crippen LogP contribution in [0, 0.1) is 6.92 Å². The summed E-state index contributed by atoms with van der Waals surface area (Å²) in [5.41, 5.74) is 1.78. The highest BCUT2D eigenvalue weighted by atomic mass is 35.5. The number of sulfonamides is 1. The van der Waals surface area contributed by atoms with Gasteiger partial charge < -0.3 is 10.1 Å². The lowest BCUT2D eigenvalue weighted by Gasteiger charge is -2.25. The van der Waals surface area contributed by atoms with Crippen LogP contribution >= 0.6 is 11.6 Å². The molecule has 6 nitrogen and oxygen atoms in total. The molecule has 0 aliphatic rings. The third-order valence-electron chi connectivity index (χ3n) is 4.18. The number of para-hydroxylation sites is 1. The molecule has 0 fully saturated rings. The van der Waals surface area contributed by atoms with Gasteiger partial charge >= 0.3 is 0 Å². The Morgan fingerprint density at radius 3 is 2.52 bits per heavy atom. The van der Waals surface area contributed by atoms with Crippen molar-refractivity contribution in [3.63, 3.8) is 0 Å². The molecule has 0 heterocycles. The van der Waals surface area contributed by atoms with Crippen molar-refractivity contribution in [3.8, 4) is 5.75 Å². The van der Waals surface area contributed by atoms with Gasteiger partial charge in [-0.3, -0.25) is 9.10 Å². The lowest BCUT2D eigenvalue weighted by molar-refractivity contribution is -0.120. The first-order valence-corrected chi connectivity index (χ1v) is 10.5. The van der Waals surface area contributed by atoms with Crippen LogP contribution in [0.2, 0.25) is 5.02 Å². The van der Waals surface area contributed by atoms with Crippen LogP contribution in [0.5, 0.6) is 5.75 Å². The summed E-state index contributed by atoms with van der Waals surface area (Å²) < 4.78 is 30.9. The summed E-state index contributed by atoms with van der Waals surface area (Å²) in [4.78, 5) is 12.6. The molecule has 0 spiro atoms. The molecule has 0 radical (unpaired) electrons. The third-order valence-corrected chi connectivity index (χ3v) is 5.71. The van der Waals surface area contributed by atoms with Crippen LogP contribution in [0.3, 0.4) is 0 Å². The van der Waals surface area contributed by atoms with Gasteiger partial charge in [-0.15, -0.1) is 0 Å². The zero-order valence-corrected chi connectivity index (χ0v) is 17.3. The Kier molecular flexibility index (Phi) is 6.73. The number of hydrogen-bond acceptors (Lipinski definition) is 4. The van der Waals surface area contributed by atoms with Crippen molar-refractivity contribution in [2.24, 2.45) is 0 Å². The average molecular weight is 411 g/mol. The molecule has 1 atom stereocenters. The molecule has 0 saturated carbocycles. The second-order valence-corrected chi connectivity index (χ2v) is 8.50. The molecule has 1 amide bonds. The van der Waals surface area contributed by atoms with E-state index in [0.29, 0.717) is 22.0 Å². The van der Waals surface area contributed by atoms with Crippen LogP contribution in [-0.4, -0.2) is 34.2 Å². The van der Waals surface area contributed by atoms with Crippen LogP contribution in [0.15, 0.2) is 42.5 Å². The molecule has 27 heavy (non-hydrogen) atoms. The van der Waals surface area contributed by atoms with E-state index in [1.807, 2.05) is 25.1 Å². The Bertz CT molecular complexity index is 931. The largest absolute Gasteiger partial charge is 0.496 e. The molecule has 1 N–H and O–H groups in total. The third kappa shape index (κ3) is 5.14. The van der Waals surface area contributed by atoms with Crippen LogP contribution in [-0.2, 0) is 14.8 Å². The summed E-state index contributed by atoms with van der Waals surface area (Å²) in [6.07, 6.45) is 1.06. The predicted octanol–water partition coefficient (Wildman–Crippen LogP) is 3.30. The summed E-state index contributed by atoms with van der Waals surface area (Å²) >= 11 is 6.11. The molecule has 0 saturated heterocycles. The summed E-state index contributed by atoms with van der Waals surface area (Å²) in [6, 6.07) is 11.9. The van der Waals surface area contributed by atoms with Crippen molar-refractivity contribution >= 4 is 33.2 Å². The lowest BCUT2D eigenvalue weighted by atomic mass is 10.1. The number of rotatable bonds is 7. The number of methoxy groups -OCH3 is 1. The Labute approximate surface area is 165 Å². The van der Waals surface area contributed by atoms with E-state index in [0.717, 1.165) is 16.1 Å². The zero-order valence-electron chi connectivity index (χ0n) is 15.7. The number of amides is 1. The highest BCUT2D eigenvalue weighted by Crippen LogP contribution is 2.28. The highest BCUT2D eigenvalue weighted by Gasteiger charge is 2.24. The standard InChI is InChI=1S/C19H23ClN2O4S/c1-13-16(20)9-7-10-17(13)22(27(4,24)25)12-19(23)21-14(2)15-8-5-6-11-18(15)26-3/h5-11,14H,12H2,1-4H3,(H,21,23)/t14-/m1/s1. The van der Waals surface area contributed by atoms with E-state index in [4.69, 9.17) is 16.3 Å². The maximum Gasteiger partial charge on any atom is 0.241 e. The Morgan fingerprint density at radius 2 is 1.89 bits per heavy atom. The first kappa shape index (κ1) is 21.1. The van der Waals surface area contributed by atoms with Crippen LogP contribution in [0.1, 0.15) is 24.1 Å². The van der Waals surface area contributed by atoms with Gasteiger partial charge in [-0.05, 0) is 37.6 Å². The quantitative estimate of drug-likeness (QED) is 0.759. The maximum atomic E-state index is 12.6. The van der Waals surface area contributed by atoms with Crippen molar-refractivity contribution in [2.45, 2.75) is 19.9 Å². The minimum Gasteiger partial charge on any atom is -0.496 e. The van der Waals surface area contributed by atoms with Gasteiger partial charge in [0.2, 0.25) is 15.9 Å². The van der Waals surface area contributed by atoms with Gasteiger partial charge in [-0.1, -0.05) is 35.9 Å². The Hall–Kier alpha value is -2.25. The number of anilines is 1. The van der Waals surface area contributed by atoms with Gasteiger partial charge in [0.05, 0.1) is 25.1 Å². The number of ether oxygens (including phenoxy) is 1. The summed E-state index contributed by atoms with van der Waals surface area (Å²) in [5.74, 6) is 0.217. The SMILES string of the molecule is COc1ccccc1[C@@H](C)NC(=O)CN(c1cccc(Cl)c1C)S(C)(=O)=O. The van der Waals surface area contributed by atoms with E-state index < -0.39 is 15.9 Å². The average Bonchev–Trinajstić information content (AvgIpc) is 2.61. The zero-order chi connectivity index (χ0) is 20.2. The van der Waals surface area contributed by atoms with Gasteiger partial charge in [0.25, 0.3) is 0 Å². The molecule has 8 heteroatoms. The van der Waals surface area contributed by atoms with Crippen molar-refractivity contribution < 1.29 is 17.9 Å². The van der Waals surface area contributed by atoms with Gasteiger partial charge in [0.1, 0.15) is 12.3 Å². The topological polar surface area (TPSA) is 75.7 Å². The minimum atomic E-state index is -3.68. The molecular weight excluding hydrogens is 388 g/mol. The molecule has 2 aromatic carbocycles. The van der Waals surface area contributed by atoms with E-state index >= 15 is 0 Å². The molecule has 0 aromatic heterocycles. The number of nitrogens with one attached hydrogen (secondary N) is 1. The first-order valence-electron chi connectivity index (χ1n) is 8.30. The Balaban J connectivity index is 2.23. The summed E-state index contributed by atoms with van der Waals surface area (Å²) in [5, 5.41) is 3.25. The maximum absolute atomic E-state index is 12.6. The first-order chi connectivity index (χ1) is 12.6. The fourth-order valence-corrected chi connectivity index (χ4v) is 3.84. The molecule has 0 bridgehead atoms. The second-order valence-electron chi connectivity index (χ2n) is 6.18. The number of halogens is 1. The molecule has 2 rings (SSSR count). The van der Waals surface area contributed by atoms with Gasteiger partial charge in [-0.2, -0.15) is 0 Å². The fourth-order valence-electron chi connectivity index (χ4n) is 2.77. The summed E-state index contributed by atoms with van der Waals surface area (Å²) in [7, 11) is -2.12. The van der Waals surface area contributed by atoms with Crippen molar-refractivity contribution in [1.82, 2.24) is 5.32 Å². The van der Waals surface area contributed by atoms with Gasteiger partial charge in [0, 0.05) is 10.6 Å². The normalized spacial score (nSPS) is 12.3. The number of hydrogen-bond donors (Lipinski definition) is 1. The van der Waals surface area contributed by atoms with E-state index in [-0.39, 0.29) is 12.6 Å². The lowest BCUT2D eigenvalue weighted by Crippen LogP contribution is -2.41. The molecular formula is C19H23ClN2O4S. The number of benzene rings is 2. The van der Waals surface area contributed by atoms with E-state index in [1.54, 1.807) is 38.3 Å². The highest BCUT2D eigenvalue weighted by molar-refractivity contribution is 7.92. The second kappa shape index (κ2) is 8.63. The van der Waals surface area contributed by atoms with E-state index in [9.17, 15) is 13.2 Å². The monoisotopic (exact) mass is 410 g/mol. The number of carbonyl (C=O) groups excluding carboxylic acids is 1. The molecule has 0 unspecified atom stereocenters. The molecule has 0 aliphatic heterocycles. The number of carbonyl (C=O) groups is 1. The molecule has 2 aromatic rings. The smallest absolute Gasteiger partial charge is 0.241 e.